The van der Waals surface area contributed by atoms with E-state index in [-0.39, 0.29) is 17.5 Å². The molecule has 0 radical (unpaired) electrons. The Morgan fingerprint density at radius 2 is 0.818 bits per heavy atom. The molecule has 0 saturated carbocycles. The molecule has 0 amide bonds. The molecule has 0 unspecified atom stereocenters. The summed E-state index contributed by atoms with van der Waals surface area (Å²) in [6.45, 7) is 14.3. The molecule has 12 rings (SSSR count). The van der Waals surface area contributed by atoms with Crippen LogP contribution in [0.4, 0.5) is 0 Å². The van der Waals surface area contributed by atoms with Gasteiger partial charge in [0.25, 0.3) is 6.71 Å². The first-order valence-corrected chi connectivity index (χ1v) is 19.8. The molecular formula is C52H41BN2. The molecule has 262 valence electrons. The number of rotatable bonds is 1. The zero-order valence-electron chi connectivity index (χ0n) is 32.3. The first-order valence-electron chi connectivity index (χ1n) is 19.8. The molecule has 8 aromatic carbocycles. The first-order chi connectivity index (χ1) is 26.5. The highest BCUT2D eigenvalue weighted by molar-refractivity contribution is 7.00. The Hall–Kier alpha value is -6.06. The summed E-state index contributed by atoms with van der Waals surface area (Å²) in [5.74, 6) is 0. The van der Waals surface area contributed by atoms with Gasteiger partial charge in [0.2, 0.25) is 0 Å². The molecule has 0 fully saturated rings. The van der Waals surface area contributed by atoms with Gasteiger partial charge in [-0.1, -0.05) is 133 Å². The highest BCUT2D eigenvalue weighted by Crippen LogP contribution is 2.44. The lowest BCUT2D eigenvalue weighted by atomic mass is 9.34. The zero-order valence-corrected chi connectivity index (χ0v) is 32.3. The third kappa shape index (κ3) is 4.16. The van der Waals surface area contributed by atoms with Gasteiger partial charge in [-0.3, -0.25) is 0 Å². The Labute approximate surface area is 321 Å². The second-order valence-corrected chi connectivity index (χ2v) is 18.3. The number of benzene rings is 8. The molecule has 0 saturated heterocycles. The maximum atomic E-state index is 2.64. The van der Waals surface area contributed by atoms with Crippen LogP contribution in [0, 0.1) is 0 Å². The van der Waals surface area contributed by atoms with Gasteiger partial charge in [0.1, 0.15) is 0 Å². The van der Waals surface area contributed by atoms with Crippen LogP contribution in [0.25, 0.3) is 87.7 Å². The summed E-state index contributed by atoms with van der Waals surface area (Å²) in [7, 11) is 0. The van der Waals surface area contributed by atoms with Crippen molar-refractivity contribution >= 4 is 88.3 Å². The van der Waals surface area contributed by atoms with Crippen molar-refractivity contribution in [2.75, 3.05) is 0 Å². The van der Waals surface area contributed by atoms with Crippen LogP contribution in [0.3, 0.4) is 0 Å². The average molecular weight is 705 g/mol. The van der Waals surface area contributed by atoms with Gasteiger partial charge in [0.05, 0.1) is 11.0 Å². The van der Waals surface area contributed by atoms with Crippen molar-refractivity contribution in [3.05, 3.63) is 151 Å². The monoisotopic (exact) mass is 704 g/mol. The fraction of sp³-hybridized carbons (Fsp3) is 0.154. The minimum atomic E-state index is -0.0253. The van der Waals surface area contributed by atoms with Crippen molar-refractivity contribution in [1.82, 2.24) is 9.13 Å². The van der Waals surface area contributed by atoms with Crippen LogP contribution < -0.4 is 16.4 Å². The van der Waals surface area contributed by atoms with Crippen LogP contribution in [-0.4, -0.2) is 15.8 Å². The van der Waals surface area contributed by atoms with Crippen molar-refractivity contribution in [2.45, 2.75) is 52.4 Å². The summed E-state index contributed by atoms with van der Waals surface area (Å²) in [6.07, 6.45) is 0. The van der Waals surface area contributed by atoms with Crippen LogP contribution in [0.15, 0.2) is 140 Å². The van der Waals surface area contributed by atoms with E-state index >= 15 is 0 Å². The Kier molecular flexibility index (Phi) is 5.90. The van der Waals surface area contributed by atoms with Crippen molar-refractivity contribution in [1.29, 1.82) is 0 Å². The van der Waals surface area contributed by atoms with Gasteiger partial charge in [-0.2, -0.15) is 0 Å². The van der Waals surface area contributed by atoms with Crippen LogP contribution in [0.2, 0.25) is 0 Å². The van der Waals surface area contributed by atoms with E-state index in [1.165, 1.54) is 115 Å². The first kappa shape index (κ1) is 31.3. The molecule has 3 heteroatoms. The number of nitrogens with zero attached hydrogens (tertiary/aromatic N) is 2. The summed E-state index contributed by atoms with van der Waals surface area (Å²) >= 11 is 0. The third-order valence-electron chi connectivity index (χ3n) is 12.9. The molecule has 0 atom stereocenters. The fourth-order valence-electron chi connectivity index (χ4n) is 10.1. The minimum Gasteiger partial charge on any atom is -0.310 e. The van der Waals surface area contributed by atoms with Gasteiger partial charge >= 0.3 is 0 Å². The quantitative estimate of drug-likeness (QED) is 0.151. The molecule has 10 aromatic rings. The fourth-order valence-corrected chi connectivity index (χ4v) is 10.1. The smallest absolute Gasteiger partial charge is 0.252 e. The molecule has 2 aliphatic heterocycles. The molecule has 0 aliphatic carbocycles. The molecule has 2 aromatic heterocycles. The normalized spacial score (nSPS) is 13.6. The SMILES string of the molecule is CC(C)(C)c1cc2c3c(c1)c1cc4ccccc4cc1n3-c1cc(-c3ccccc3)cc3c1B2c1cc(C(C)(C)C)cc2c4cc5ccccc5cc4n-3c12. The predicted molar refractivity (Wildman–Crippen MR) is 238 cm³/mol. The van der Waals surface area contributed by atoms with Gasteiger partial charge in [0, 0.05) is 44.0 Å². The summed E-state index contributed by atoms with van der Waals surface area (Å²) in [4.78, 5) is 0. The van der Waals surface area contributed by atoms with Crippen LogP contribution in [0.1, 0.15) is 52.7 Å². The predicted octanol–water partition coefficient (Wildman–Crippen LogP) is 11.6. The lowest BCUT2D eigenvalue weighted by Gasteiger charge is -2.36. The van der Waals surface area contributed by atoms with Gasteiger partial charge < -0.3 is 9.13 Å². The van der Waals surface area contributed by atoms with Crippen molar-refractivity contribution in [3.8, 4) is 22.5 Å². The molecule has 2 nitrogen and oxygen atoms in total. The highest BCUT2D eigenvalue weighted by Gasteiger charge is 2.42. The lowest BCUT2D eigenvalue weighted by Crippen LogP contribution is -2.59. The summed E-state index contributed by atoms with van der Waals surface area (Å²) < 4.78 is 5.27. The van der Waals surface area contributed by atoms with Gasteiger partial charge in [-0.15, -0.1) is 0 Å². The molecule has 55 heavy (non-hydrogen) atoms. The second kappa shape index (κ2) is 10.4. The highest BCUT2D eigenvalue weighted by atomic mass is 15.0. The molecule has 4 heterocycles. The third-order valence-corrected chi connectivity index (χ3v) is 12.9. The topological polar surface area (TPSA) is 9.86 Å². The number of hydrogen-bond donors (Lipinski definition) is 0. The van der Waals surface area contributed by atoms with E-state index in [1.807, 2.05) is 0 Å². The molecule has 0 spiro atoms. The average Bonchev–Trinajstić information content (AvgIpc) is 3.68. The van der Waals surface area contributed by atoms with Gasteiger partial charge in [-0.25, -0.2) is 0 Å². The molecule has 0 bridgehead atoms. The van der Waals surface area contributed by atoms with Gasteiger partial charge in [0.15, 0.2) is 0 Å². The van der Waals surface area contributed by atoms with E-state index in [1.54, 1.807) is 0 Å². The van der Waals surface area contributed by atoms with Gasteiger partial charge in [-0.05, 0) is 120 Å². The van der Waals surface area contributed by atoms with E-state index in [4.69, 9.17) is 0 Å². The van der Waals surface area contributed by atoms with Crippen molar-refractivity contribution in [2.24, 2.45) is 0 Å². The molecular weight excluding hydrogens is 663 g/mol. The van der Waals surface area contributed by atoms with Crippen molar-refractivity contribution in [3.63, 3.8) is 0 Å². The minimum absolute atomic E-state index is 0.0253. The standard InChI is InChI=1S/C52H41BN2/c1-51(2,3)36-26-40-38-20-31-16-10-12-18-33(31)22-44(38)54-46-24-35(30-14-8-7-9-15-30)25-47-48(46)53(42(28-36)49(40)54)43-29-37(52(4,5)6)27-41-39-21-32-17-11-13-19-34(32)23-45(39)55(47)50(41)43/h7-29H,1-6H3. The Morgan fingerprint density at radius 1 is 0.400 bits per heavy atom. The summed E-state index contributed by atoms with van der Waals surface area (Å²) in [6, 6.07) is 53.6. The Bertz CT molecular complexity index is 3130. The number of aromatic nitrogens is 2. The van der Waals surface area contributed by atoms with E-state index in [9.17, 15) is 0 Å². The van der Waals surface area contributed by atoms with Crippen LogP contribution >= 0.6 is 0 Å². The zero-order chi connectivity index (χ0) is 37.1. The van der Waals surface area contributed by atoms with Crippen molar-refractivity contribution < 1.29 is 0 Å². The maximum Gasteiger partial charge on any atom is 0.252 e. The second-order valence-electron chi connectivity index (χ2n) is 18.3. The van der Waals surface area contributed by atoms with E-state index in [2.05, 4.69) is 190 Å². The maximum absolute atomic E-state index is 2.64. The van der Waals surface area contributed by atoms with E-state index < -0.39 is 0 Å². The van der Waals surface area contributed by atoms with Crippen LogP contribution in [-0.2, 0) is 10.8 Å². The largest absolute Gasteiger partial charge is 0.310 e. The Balaban J connectivity index is 1.35. The molecule has 0 N–H and O–H groups in total. The Morgan fingerprint density at radius 3 is 1.25 bits per heavy atom. The lowest BCUT2D eigenvalue weighted by molar-refractivity contribution is 0.591. The summed E-state index contributed by atoms with van der Waals surface area (Å²) in [5, 5.41) is 10.4. The van der Waals surface area contributed by atoms with E-state index in [0.29, 0.717) is 0 Å². The molecule has 2 aliphatic rings. The number of hydrogen-bond acceptors (Lipinski definition) is 0. The number of fused-ring (bicyclic) bond motifs is 12. The van der Waals surface area contributed by atoms with E-state index in [0.717, 1.165) is 0 Å². The van der Waals surface area contributed by atoms with Crippen LogP contribution in [0.5, 0.6) is 0 Å². The summed E-state index contributed by atoms with van der Waals surface area (Å²) in [5.41, 5.74) is 17.2.